The first kappa shape index (κ1) is 13.5. The summed E-state index contributed by atoms with van der Waals surface area (Å²) >= 11 is 3.52. The van der Waals surface area contributed by atoms with E-state index in [1.807, 2.05) is 24.4 Å². The van der Waals surface area contributed by atoms with E-state index < -0.39 is 0 Å². The molecule has 0 fully saturated rings. The van der Waals surface area contributed by atoms with Crippen LogP contribution in [0.1, 0.15) is 6.92 Å². The van der Waals surface area contributed by atoms with E-state index in [0.29, 0.717) is 19.3 Å². The maximum Gasteiger partial charge on any atom is 0.162 e. The molecule has 106 valence electrons. The second kappa shape index (κ2) is 5.48. The van der Waals surface area contributed by atoms with Crippen molar-refractivity contribution in [3.63, 3.8) is 0 Å². The normalized spacial score (nSPS) is 15.2. The molecular weight excluding hydrogens is 320 g/mol. The fraction of sp³-hybridized carbons (Fsp3) is 0.400. The number of pyridine rings is 1. The first-order valence-corrected chi connectivity index (χ1v) is 7.80. The zero-order valence-electron chi connectivity index (χ0n) is 11.6. The number of ether oxygens (including phenoxy) is 2. The van der Waals surface area contributed by atoms with Crippen molar-refractivity contribution < 1.29 is 9.47 Å². The fourth-order valence-electron chi connectivity index (χ4n) is 2.29. The minimum Gasteiger partial charge on any atom is -0.486 e. The molecule has 0 saturated heterocycles. The Labute approximate surface area is 126 Å². The number of anilines is 1. The van der Waals surface area contributed by atoms with Crippen molar-refractivity contribution in [3.05, 3.63) is 24.4 Å². The van der Waals surface area contributed by atoms with Crippen LogP contribution in [0.25, 0.3) is 10.8 Å². The Morgan fingerprint density at radius 3 is 2.70 bits per heavy atom. The molecule has 20 heavy (non-hydrogen) atoms. The van der Waals surface area contributed by atoms with Gasteiger partial charge in [-0.05, 0) is 30.5 Å². The minimum absolute atomic E-state index is 0.362. The molecule has 0 aliphatic carbocycles. The Hall–Kier alpha value is -1.49. The maximum atomic E-state index is 5.67. The molecule has 5 heteroatoms. The predicted molar refractivity (Wildman–Crippen MR) is 84.4 cm³/mol. The summed E-state index contributed by atoms with van der Waals surface area (Å²) in [5, 5.41) is 3.10. The molecule has 1 aliphatic heterocycles. The van der Waals surface area contributed by atoms with Crippen LogP contribution in [0.4, 0.5) is 5.82 Å². The summed E-state index contributed by atoms with van der Waals surface area (Å²) in [7, 11) is 2.06. The lowest BCUT2D eigenvalue weighted by molar-refractivity contribution is 0.172. The van der Waals surface area contributed by atoms with Gasteiger partial charge in [-0.3, -0.25) is 0 Å². The largest absolute Gasteiger partial charge is 0.486 e. The molecule has 0 radical (unpaired) electrons. The number of halogens is 1. The second-order valence-electron chi connectivity index (χ2n) is 4.97. The quantitative estimate of drug-likeness (QED) is 0.806. The summed E-state index contributed by atoms with van der Waals surface area (Å²) < 4.78 is 11.3. The van der Waals surface area contributed by atoms with Crippen LogP contribution in [0.5, 0.6) is 11.5 Å². The molecule has 3 rings (SSSR count). The average Bonchev–Trinajstić information content (AvgIpc) is 2.50. The van der Waals surface area contributed by atoms with E-state index in [9.17, 15) is 0 Å². The second-order valence-corrected chi connectivity index (χ2v) is 5.61. The van der Waals surface area contributed by atoms with E-state index in [2.05, 4.69) is 39.8 Å². The molecular formula is C15H17BrN2O2. The SMILES string of the molecule is CC(CBr)N(C)c1nccc2cc3c(cc12)OCCO3. The summed E-state index contributed by atoms with van der Waals surface area (Å²) in [4.78, 5) is 6.71. The monoisotopic (exact) mass is 336 g/mol. The molecule has 0 amide bonds. The van der Waals surface area contributed by atoms with Crippen LogP contribution >= 0.6 is 15.9 Å². The van der Waals surface area contributed by atoms with Gasteiger partial charge in [0, 0.05) is 30.0 Å². The van der Waals surface area contributed by atoms with E-state index in [1.54, 1.807) is 0 Å². The van der Waals surface area contributed by atoms with Crippen LogP contribution in [-0.4, -0.2) is 36.6 Å². The van der Waals surface area contributed by atoms with Crippen LogP contribution < -0.4 is 14.4 Å². The highest BCUT2D eigenvalue weighted by molar-refractivity contribution is 9.09. The molecule has 1 aromatic heterocycles. The van der Waals surface area contributed by atoms with Crippen molar-refractivity contribution in [2.75, 3.05) is 30.5 Å². The average molecular weight is 337 g/mol. The number of hydrogen-bond acceptors (Lipinski definition) is 4. The highest BCUT2D eigenvalue weighted by atomic mass is 79.9. The summed E-state index contributed by atoms with van der Waals surface area (Å²) in [6.45, 7) is 3.37. The zero-order chi connectivity index (χ0) is 14.1. The Morgan fingerprint density at radius 1 is 1.30 bits per heavy atom. The van der Waals surface area contributed by atoms with Gasteiger partial charge < -0.3 is 14.4 Å². The first-order valence-electron chi connectivity index (χ1n) is 6.68. The lowest BCUT2D eigenvalue weighted by Gasteiger charge is -2.26. The Morgan fingerprint density at radius 2 is 2.00 bits per heavy atom. The molecule has 1 aliphatic rings. The van der Waals surface area contributed by atoms with Crippen LogP contribution in [0, 0.1) is 0 Å². The van der Waals surface area contributed by atoms with Crippen molar-refractivity contribution >= 4 is 32.5 Å². The zero-order valence-corrected chi connectivity index (χ0v) is 13.2. The fourth-order valence-corrected chi connectivity index (χ4v) is 2.72. The minimum atomic E-state index is 0.362. The standard InChI is InChI=1S/C15H17BrN2O2/c1-10(9-16)18(2)15-12-8-14-13(19-5-6-20-14)7-11(12)3-4-17-15/h3-4,7-8,10H,5-6,9H2,1-2H3. The van der Waals surface area contributed by atoms with Crippen LogP contribution in [-0.2, 0) is 0 Å². The van der Waals surface area contributed by atoms with Gasteiger partial charge in [0.15, 0.2) is 11.5 Å². The number of aromatic nitrogens is 1. The molecule has 2 heterocycles. The Balaban J connectivity index is 2.13. The summed E-state index contributed by atoms with van der Waals surface area (Å²) in [6.07, 6.45) is 1.84. The number of fused-ring (bicyclic) bond motifs is 2. The van der Waals surface area contributed by atoms with Crippen molar-refractivity contribution in [3.8, 4) is 11.5 Å². The molecule has 0 spiro atoms. The molecule has 0 N–H and O–H groups in total. The molecule has 0 bridgehead atoms. The number of hydrogen-bond donors (Lipinski definition) is 0. The third-order valence-electron chi connectivity index (χ3n) is 3.62. The van der Waals surface area contributed by atoms with Gasteiger partial charge in [0.05, 0.1) is 0 Å². The molecule has 1 aromatic carbocycles. The van der Waals surface area contributed by atoms with E-state index in [0.717, 1.165) is 33.4 Å². The van der Waals surface area contributed by atoms with E-state index in [1.165, 1.54) is 0 Å². The number of rotatable bonds is 3. The number of alkyl halides is 1. The van der Waals surface area contributed by atoms with Crippen LogP contribution in [0.3, 0.4) is 0 Å². The smallest absolute Gasteiger partial charge is 0.162 e. The maximum absolute atomic E-state index is 5.67. The van der Waals surface area contributed by atoms with Crippen molar-refractivity contribution in [1.29, 1.82) is 0 Å². The van der Waals surface area contributed by atoms with E-state index in [4.69, 9.17) is 9.47 Å². The Bertz CT molecular complexity index is 633. The van der Waals surface area contributed by atoms with Gasteiger partial charge in [-0.25, -0.2) is 4.98 Å². The van der Waals surface area contributed by atoms with Crippen LogP contribution in [0.2, 0.25) is 0 Å². The van der Waals surface area contributed by atoms with Gasteiger partial charge in [0.1, 0.15) is 19.0 Å². The number of benzene rings is 1. The van der Waals surface area contributed by atoms with Gasteiger partial charge in [0.25, 0.3) is 0 Å². The van der Waals surface area contributed by atoms with E-state index in [-0.39, 0.29) is 0 Å². The van der Waals surface area contributed by atoms with Crippen LogP contribution in [0.15, 0.2) is 24.4 Å². The highest BCUT2D eigenvalue weighted by Crippen LogP contribution is 2.37. The van der Waals surface area contributed by atoms with Gasteiger partial charge in [-0.1, -0.05) is 15.9 Å². The Kier molecular flexibility index (Phi) is 3.70. The lowest BCUT2D eigenvalue weighted by atomic mass is 10.1. The molecule has 4 nitrogen and oxygen atoms in total. The van der Waals surface area contributed by atoms with Gasteiger partial charge in [-0.15, -0.1) is 0 Å². The van der Waals surface area contributed by atoms with Gasteiger partial charge in [-0.2, -0.15) is 0 Å². The summed E-state index contributed by atoms with van der Waals surface area (Å²) in [5.74, 6) is 2.58. The van der Waals surface area contributed by atoms with Crippen molar-refractivity contribution in [2.24, 2.45) is 0 Å². The van der Waals surface area contributed by atoms with Crippen molar-refractivity contribution in [1.82, 2.24) is 4.98 Å². The predicted octanol–water partition coefficient (Wildman–Crippen LogP) is 3.23. The molecule has 2 aromatic rings. The number of nitrogens with zero attached hydrogens (tertiary/aromatic N) is 2. The van der Waals surface area contributed by atoms with Gasteiger partial charge >= 0.3 is 0 Å². The van der Waals surface area contributed by atoms with Gasteiger partial charge in [0.2, 0.25) is 0 Å². The third kappa shape index (κ3) is 2.30. The summed E-state index contributed by atoms with van der Waals surface area (Å²) in [6, 6.07) is 6.43. The highest BCUT2D eigenvalue weighted by Gasteiger charge is 2.17. The molecule has 0 saturated carbocycles. The first-order chi connectivity index (χ1) is 9.70. The van der Waals surface area contributed by atoms with E-state index >= 15 is 0 Å². The lowest BCUT2D eigenvalue weighted by Crippen LogP contribution is -2.30. The molecule has 1 atom stereocenters. The topological polar surface area (TPSA) is 34.6 Å². The third-order valence-corrected chi connectivity index (χ3v) is 4.56. The molecule has 1 unspecified atom stereocenters. The summed E-state index contributed by atoms with van der Waals surface area (Å²) in [5.41, 5.74) is 0. The van der Waals surface area contributed by atoms with Crippen molar-refractivity contribution in [2.45, 2.75) is 13.0 Å².